The van der Waals surface area contributed by atoms with E-state index in [0.29, 0.717) is 5.06 Å². The highest BCUT2D eigenvalue weighted by atomic mass is 16.7. The number of nitriles is 1. The van der Waals surface area contributed by atoms with Crippen LogP contribution < -0.4 is 0 Å². The van der Waals surface area contributed by atoms with E-state index in [1.54, 1.807) is 6.07 Å². The lowest BCUT2D eigenvalue weighted by Crippen LogP contribution is -2.30. The summed E-state index contributed by atoms with van der Waals surface area (Å²) in [6, 6.07) is 1.57. The van der Waals surface area contributed by atoms with E-state index < -0.39 is 24.1 Å². The summed E-state index contributed by atoms with van der Waals surface area (Å²) < 4.78 is 0. The second-order valence-corrected chi connectivity index (χ2v) is 2.38. The zero-order valence-corrected chi connectivity index (χ0v) is 6.65. The van der Waals surface area contributed by atoms with Gasteiger partial charge in [0.05, 0.1) is 12.6 Å². The molecule has 68 valence electrons. The van der Waals surface area contributed by atoms with E-state index >= 15 is 0 Å². The monoisotopic (exact) mass is 182 g/mol. The fourth-order valence-corrected chi connectivity index (χ4v) is 0.857. The molecular weight excluding hydrogens is 176 g/mol. The van der Waals surface area contributed by atoms with E-state index in [2.05, 4.69) is 4.84 Å². The molecule has 6 heteroatoms. The number of hydrogen-bond acceptors (Lipinski definition) is 5. The largest absolute Gasteiger partial charge is 0.346 e. The minimum absolute atomic E-state index is 0.0542. The van der Waals surface area contributed by atoms with E-state index in [1.807, 2.05) is 0 Å². The smallest absolute Gasteiger partial charge is 0.337 e. The van der Waals surface area contributed by atoms with Crippen LogP contribution in [0.2, 0.25) is 0 Å². The summed E-state index contributed by atoms with van der Waals surface area (Å²) in [5, 5.41) is 8.79. The maximum absolute atomic E-state index is 10.9. The lowest BCUT2D eigenvalue weighted by Gasteiger charge is -2.11. The zero-order valence-electron chi connectivity index (χ0n) is 6.65. The summed E-state index contributed by atoms with van der Waals surface area (Å²) in [6.45, 7) is 0.0782. The first kappa shape index (κ1) is 9.19. The highest BCUT2D eigenvalue weighted by molar-refractivity contribution is 6.37. The molecule has 1 amide bonds. The van der Waals surface area contributed by atoms with Crippen LogP contribution in [0.4, 0.5) is 0 Å². The van der Waals surface area contributed by atoms with E-state index in [0.717, 1.165) is 0 Å². The molecule has 0 N–H and O–H groups in total. The molecule has 1 fully saturated rings. The molecule has 0 aromatic carbocycles. The van der Waals surface area contributed by atoms with Crippen LogP contribution in [0, 0.1) is 11.3 Å². The van der Waals surface area contributed by atoms with Crippen LogP contribution in [0.1, 0.15) is 12.8 Å². The summed E-state index contributed by atoms with van der Waals surface area (Å²) in [6.07, 6.45) is -0.378. The van der Waals surface area contributed by atoms with Gasteiger partial charge < -0.3 is 4.84 Å². The van der Waals surface area contributed by atoms with E-state index in [4.69, 9.17) is 5.26 Å². The standard InChI is InChI=1S/C7H6N2O4/c8-3-1-6(11)13-9-4-2-5(10)7(9)12/h1-2,4H2. The topological polar surface area (TPSA) is 87.5 Å². The van der Waals surface area contributed by atoms with Crippen LogP contribution in [-0.4, -0.2) is 29.3 Å². The molecule has 13 heavy (non-hydrogen) atoms. The minimum atomic E-state index is -0.828. The minimum Gasteiger partial charge on any atom is -0.337 e. The number of hydrogen-bond donors (Lipinski definition) is 0. The Bertz CT molecular complexity index is 304. The molecule has 1 rings (SSSR count). The highest BCUT2D eigenvalue weighted by Gasteiger charge is 2.32. The van der Waals surface area contributed by atoms with Gasteiger partial charge in [-0.3, -0.25) is 9.59 Å². The van der Waals surface area contributed by atoms with E-state index in [-0.39, 0.29) is 13.0 Å². The van der Waals surface area contributed by atoms with Gasteiger partial charge in [-0.15, -0.1) is 0 Å². The number of carbonyl (C=O) groups excluding carboxylic acids is 3. The number of rotatable bonds is 2. The van der Waals surface area contributed by atoms with Crippen molar-refractivity contribution in [3.05, 3.63) is 0 Å². The van der Waals surface area contributed by atoms with Gasteiger partial charge in [-0.2, -0.15) is 10.3 Å². The lowest BCUT2D eigenvalue weighted by molar-refractivity contribution is -0.191. The van der Waals surface area contributed by atoms with Gasteiger partial charge in [0.15, 0.2) is 0 Å². The van der Waals surface area contributed by atoms with Crippen molar-refractivity contribution in [3.8, 4) is 6.07 Å². The maximum atomic E-state index is 10.9. The Hall–Kier alpha value is -1.90. The molecule has 0 aliphatic carbocycles. The maximum Gasteiger partial charge on any atom is 0.346 e. The summed E-state index contributed by atoms with van der Waals surface area (Å²) >= 11 is 0. The van der Waals surface area contributed by atoms with Gasteiger partial charge in [0, 0.05) is 6.42 Å². The molecule has 1 aliphatic rings. The van der Waals surface area contributed by atoms with Gasteiger partial charge >= 0.3 is 11.9 Å². The first-order valence-corrected chi connectivity index (χ1v) is 3.57. The van der Waals surface area contributed by atoms with E-state index in [9.17, 15) is 14.4 Å². The number of carbonyl (C=O) groups is 3. The Balaban J connectivity index is 2.48. The third kappa shape index (κ3) is 2.02. The van der Waals surface area contributed by atoms with Crippen molar-refractivity contribution < 1.29 is 19.2 Å². The Labute approximate surface area is 73.6 Å². The summed E-state index contributed by atoms with van der Waals surface area (Å²) in [7, 11) is 0. The molecule has 0 radical (unpaired) electrons. The molecule has 1 aliphatic heterocycles. The Morgan fingerprint density at radius 2 is 2.31 bits per heavy atom. The Morgan fingerprint density at radius 1 is 1.62 bits per heavy atom. The molecular formula is C7H6N2O4. The van der Waals surface area contributed by atoms with Crippen molar-refractivity contribution in [1.82, 2.24) is 5.06 Å². The predicted octanol–water partition coefficient (Wildman–Crippen LogP) is -0.840. The first-order chi connectivity index (χ1) is 6.15. The fourth-order valence-electron chi connectivity index (χ4n) is 0.857. The van der Waals surface area contributed by atoms with Gasteiger partial charge in [0.25, 0.3) is 0 Å². The molecule has 0 aromatic rings. The summed E-state index contributed by atoms with van der Waals surface area (Å²) in [4.78, 5) is 36.7. The molecule has 0 atom stereocenters. The van der Waals surface area contributed by atoms with Gasteiger partial charge in [-0.1, -0.05) is 0 Å². The third-order valence-electron chi connectivity index (χ3n) is 1.44. The molecule has 0 spiro atoms. The molecule has 0 unspecified atom stereocenters. The number of hydroxylamine groups is 2. The molecule has 0 saturated carbocycles. The van der Waals surface area contributed by atoms with Gasteiger partial charge in [-0.05, 0) is 0 Å². The highest BCUT2D eigenvalue weighted by Crippen LogP contribution is 2.07. The number of ketones is 1. The van der Waals surface area contributed by atoms with Crippen molar-refractivity contribution in [2.45, 2.75) is 12.8 Å². The van der Waals surface area contributed by atoms with Crippen molar-refractivity contribution in [2.24, 2.45) is 0 Å². The second-order valence-electron chi connectivity index (χ2n) is 2.38. The average Bonchev–Trinajstić information content (AvgIpc) is 2.37. The number of Topliss-reactive ketones (excluding diaryl/α,β-unsaturated/α-hetero) is 1. The third-order valence-corrected chi connectivity index (χ3v) is 1.44. The van der Waals surface area contributed by atoms with Crippen LogP contribution >= 0.6 is 0 Å². The zero-order chi connectivity index (χ0) is 9.84. The predicted molar refractivity (Wildman–Crippen MR) is 37.7 cm³/mol. The summed E-state index contributed by atoms with van der Waals surface area (Å²) in [5.41, 5.74) is 0. The van der Waals surface area contributed by atoms with Crippen molar-refractivity contribution in [2.75, 3.05) is 6.54 Å². The molecule has 0 aromatic heterocycles. The summed E-state index contributed by atoms with van der Waals surface area (Å²) in [5.74, 6) is -2.23. The Morgan fingerprint density at radius 3 is 2.77 bits per heavy atom. The van der Waals surface area contributed by atoms with Crippen LogP contribution in [0.15, 0.2) is 0 Å². The fraction of sp³-hybridized carbons (Fsp3) is 0.429. The molecule has 1 heterocycles. The van der Waals surface area contributed by atoms with Crippen LogP contribution in [0.5, 0.6) is 0 Å². The lowest BCUT2D eigenvalue weighted by atomic mass is 10.3. The van der Waals surface area contributed by atoms with Gasteiger partial charge in [0.1, 0.15) is 6.42 Å². The number of amides is 1. The average molecular weight is 182 g/mol. The second kappa shape index (κ2) is 3.67. The first-order valence-electron chi connectivity index (χ1n) is 3.57. The number of nitrogens with zero attached hydrogens (tertiary/aromatic N) is 2. The Kier molecular flexibility index (Phi) is 2.59. The van der Waals surface area contributed by atoms with Crippen molar-refractivity contribution in [1.29, 1.82) is 5.26 Å². The molecule has 6 nitrogen and oxygen atoms in total. The SMILES string of the molecule is N#CCC(=O)ON1CCC(=O)C1=O. The molecule has 0 bridgehead atoms. The van der Waals surface area contributed by atoms with Crippen LogP contribution in [0.25, 0.3) is 0 Å². The van der Waals surface area contributed by atoms with Crippen LogP contribution in [-0.2, 0) is 19.2 Å². The molecule has 1 saturated heterocycles. The van der Waals surface area contributed by atoms with E-state index in [1.165, 1.54) is 0 Å². The van der Waals surface area contributed by atoms with Crippen molar-refractivity contribution >= 4 is 17.7 Å². The van der Waals surface area contributed by atoms with Gasteiger partial charge in [-0.25, -0.2) is 4.79 Å². The normalized spacial score (nSPS) is 15.8. The quantitative estimate of drug-likeness (QED) is 0.519. The van der Waals surface area contributed by atoms with Crippen LogP contribution in [0.3, 0.4) is 0 Å². The van der Waals surface area contributed by atoms with Gasteiger partial charge in [0.2, 0.25) is 5.78 Å². The van der Waals surface area contributed by atoms with Crippen molar-refractivity contribution in [3.63, 3.8) is 0 Å².